The fourth-order valence-corrected chi connectivity index (χ4v) is 2.13. The van der Waals surface area contributed by atoms with Crippen LogP contribution in [0.1, 0.15) is 5.89 Å². The van der Waals surface area contributed by atoms with Crippen LogP contribution in [0.4, 0.5) is 5.69 Å². The van der Waals surface area contributed by atoms with E-state index in [1.807, 2.05) is 24.3 Å². The van der Waals surface area contributed by atoms with Crippen LogP contribution in [0.5, 0.6) is 5.75 Å². The predicted molar refractivity (Wildman–Crippen MR) is 76.9 cm³/mol. The molecular formula is C14H11BrN2O2. The number of nitrogens with zero attached hydrogens (tertiary/aromatic N) is 1. The molecule has 0 atom stereocenters. The number of benzene rings is 2. The largest absolute Gasteiger partial charge is 0.484 e. The van der Waals surface area contributed by atoms with E-state index in [0.717, 1.165) is 15.7 Å². The highest BCUT2D eigenvalue weighted by Gasteiger charge is 2.06. The Hall–Kier alpha value is -2.01. The van der Waals surface area contributed by atoms with Crippen LogP contribution in [0.3, 0.4) is 0 Å². The lowest BCUT2D eigenvalue weighted by Crippen LogP contribution is -1.95. The molecule has 0 spiro atoms. The molecule has 1 aromatic heterocycles. The fraction of sp³-hybridized carbons (Fsp3) is 0.0714. The Labute approximate surface area is 118 Å². The van der Waals surface area contributed by atoms with E-state index >= 15 is 0 Å². The minimum absolute atomic E-state index is 0.283. The molecule has 0 amide bonds. The number of hydrogen-bond donors (Lipinski definition) is 1. The topological polar surface area (TPSA) is 61.3 Å². The number of aromatic nitrogens is 1. The molecule has 2 aromatic carbocycles. The van der Waals surface area contributed by atoms with Crippen LogP contribution >= 0.6 is 15.9 Å². The second-order valence-corrected chi connectivity index (χ2v) is 5.00. The summed E-state index contributed by atoms with van der Waals surface area (Å²) in [6.07, 6.45) is 0. The minimum atomic E-state index is 0.283. The van der Waals surface area contributed by atoms with Gasteiger partial charge in [0.25, 0.3) is 0 Å². The summed E-state index contributed by atoms with van der Waals surface area (Å²) >= 11 is 3.39. The van der Waals surface area contributed by atoms with Crippen molar-refractivity contribution in [1.29, 1.82) is 0 Å². The predicted octanol–water partition coefficient (Wildman–Crippen LogP) is 3.75. The maximum atomic E-state index is 5.70. The van der Waals surface area contributed by atoms with Gasteiger partial charge in [0.1, 0.15) is 11.3 Å². The summed E-state index contributed by atoms with van der Waals surface area (Å²) in [7, 11) is 0. The lowest BCUT2D eigenvalue weighted by atomic mass is 10.3. The van der Waals surface area contributed by atoms with E-state index < -0.39 is 0 Å². The van der Waals surface area contributed by atoms with Gasteiger partial charge in [-0.1, -0.05) is 22.0 Å². The van der Waals surface area contributed by atoms with Gasteiger partial charge in [0.2, 0.25) is 5.89 Å². The van der Waals surface area contributed by atoms with Crippen molar-refractivity contribution in [1.82, 2.24) is 4.98 Å². The molecule has 0 fully saturated rings. The number of halogens is 1. The van der Waals surface area contributed by atoms with Gasteiger partial charge >= 0.3 is 0 Å². The van der Waals surface area contributed by atoms with Gasteiger partial charge in [-0.25, -0.2) is 4.98 Å². The van der Waals surface area contributed by atoms with Crippen LogP contribution in [0.2, 0.25) is 0 Å². The number of ether oxygens (including phenoxy) is 1. The van der Waals surface area contributed by atoms with Crippen LogP contribution in [-0.4, -0.2) is 4.98 Å². The molecule has 0 aliphatic heterocycles. The van der Waals surface area contributed by atoms with Crippen molar-refractivity contribution in [2.75, 3.05) is 5.73 Å². The highest BCUT2D eigenvalue weighted by atomic mass is 79.9. The third-order valence-electron chi connectivity index (χ3n) is 2.61. The molecule has 0 aliphatic rings. The van der Waals surface area contributed by atoms with Crippen LogP contribution in [0, 0.1) is 0 Å². The van der Waals surface area contributed by atoms with Crippen LogP contribution in [0.15, 0.2) is 51.4 Å². The van der Waals surface area contributed by atoms with Crippen molar-refractivity contribution >= 4 is 32.7 Å². The van der Waals surface area contributed by atoms with Crippen molar-refractivity contribution < 1.29 is 9.15 Å². The van der Waals surface area contributed by atoms with E-state index in [1.165, 1.54) is 0 Å². The molecule has 2 N–H and O–H groups in total. The van der Waals surface area contributed by atoms with E-state index in [2.05, 4.69) is 20.9 Å². The van der Waals surface area contributed by atoms with Gasteiger partial charge in [0, 0.05) is 10.2 Å². The summed E-state index contributed by atoms with van der Waals surface area (Å²) < 4.78 is 12.2. The number of rotatable bonds is 3. The number of anilines is 1. The van der Waals surface area contributed by atoms with Crippen molar-refractivity contribution in [3.63, 3.8) is 0 Å². The molecule has 0 unspecified atom stereocenters. The van der Waals surface area contributed by atoms with Crippen molar-refractivity contribution in [2.45, 2.75) is 6.61 Å². The average Bonchev–Trinajstić information content (AvgIpc) is 2.78. The molecule has 0 bridgehead atoms. The molecule has 3 aromatic rings. The van der Waals surface area contributed by atoms with Crippen LogP contribution in [0.25, 0.3) is 11.1 Å². The monoisotopic (exact) mass is 318 g/mol. The Morgan fingerprint density at radius 3 is 2.95 bits per heavy atom. The number of nitrogens with two attached hydrogens (primary N) is 1. The molecular weight excluding hydrogens is 308 g/mol. The van der Waals surface area contributed by atoms with E-state index in [9.17, 15) is 0 Å². The molecule has 5 heteroatoms. The van der Waals surface area contributed by atoms with Crippen LogP contribution < -0.4 is 10.5 Å². The third-order valence-corrected chi connectivity index (χ3v) is 3.11. The van der Waals surface area contributed by atoms with Gasteiger partial charge in [-0.3, -0.25) is 0 Å². The Bertz CT molecular complexity index is 724. The molecule has 0 saturated heterocycles. The molecule has 0 radical (unpaired) electrons. The van der Waals surface area contributed by atoms with E-state index in [4.69, 9.17) is 14.9 Å². The standard InChI is InChI=1S/C14H11BrN2O2/c15-9-2-1-3-11(6-9)18-8-14-17-12-7-10(16)4-5-13(12)19-14/h1-7H,8,16H2. The first-order valence-electron chi connectivity index (χ1n) is 5.74. The van der Waals surface area contributed by atoms with Gasteiger partial charge in [-0.15, -0.1) is 0 Å². The summed E-state index contributed by atoms with van der Waals surface area (Å²) in [6.45, 7) is 0.283. The lowest BCUT2D eigenvalue weighted by molar-refractivity contribution is 0.267. The fourth-order valence-electron chi connectivity index (χ4n) is 1.76. The van der Waals surface area contributed by atoms with Gasteiger partial charge in [-0.2, -0.15) is 0 Å². The van der Waals surface area contributed by atoms with E-state index in [0.29, 0.717) is 17.2 Å². The lowest BCUT2D eigenvalue weighted by Gasteiger charge is -2.03. The Morgan fingerprint density at radius 2 is 2.11 bits per heavy atom. The summed E-state index contributed by atoms with van der Waals surface area (Å²) in [5.74, 6) is 1.29. The maximum absolute atomic E-state index is 5.70. The highest BCUT2D eigenvalue weighted by molar-refractivity contribution is 9.10. The number of oxazole rings is 1. The second-order valence-electron chi connectivity index (χ2n) is 4.08. The molecule has 4 nitrogen and oxygen atoms in total. The molecule has 0 saturated carbocycles. The zero-order chi connectivity index (χ0) is 13.2. The number of hydrogen-bond acceptors (Lipinski definition) is 4. The third kappa shape index (κ3) is 2.71. The van der Waals surface area contributed by atoms with Gasteiger partial charge in [0.05, 0.1) is 0 Å². The Kier molecular flexibility index (Phi) is 3.13. The first-order chi connectivity index (χ1) is 9.20. The average molecular weight is 319 g/mol. The van der Waals surface area contributed by atoms with Gasteiger partial charge in [-0.05, 0) is 36.4 Å². The second kappa shape index (κ2) is 4.93. The van der Waals surface area contributed by atoms with Gasteiger partial charge < -0.3 is 14.9 Å². The van der Waals surface area contributed by atoms with E-state index in [-0.39, 0.29) is 6.61 Å². The molecule has 1 heterocycles. The summed E-state index contributed by atoms with van der Waals surface area (Å²) in [6, 6.07) is 13.0. The quantitative estimate of drug-likeness (QED) is 0.747. The molecule has 19 heavy (non-hydrogen) atoms. The zero-order valence-corrected chi connectivity index (χ0v) is 11.6. The highest BCUT2D eigenvalue weighted by Crippen LogP contribution is 2.21. The Balaban J connectivity index is 1.78. The normalized spacial score (nSPS) is 10.8. The number of nitrogen functional groups attached to an aromatic ring is 1. The smallest absolute Gasteiger partial charge is 0.233 e. The van der Waals surface area contributed by atoms with Crippen molar-refractivity contribution in [3.8, 4) is 5.75 Å². The van der Waals surface area contributed by atoms with Crippen molar-refractivity contribution in [2.24, 2.45) is 0 Å². The first-order valence-corrected chi connectivity index (χ1v) is 6.53. The summed E-state index contributed by atoms with van der Waals surface area (Å²) in [4.78, 5) is 4.33. The van der Waals surface area contributed by atoms with Crippen molar-refractivity contribution in [3.05, 3.63) is 52.8 Å². The number of fused-ring (bicyclic) bond motifs is 1. The zero-order valence-electron chi connectivity index (χ0n) is 9.97. The van der Waals surface area contributed by atoms with E-state index in [1.54, 1.807) is 18.2 Å². The van der Waals surface area contributed by atoms with Gasteiger partial charge in [0.15, 0.2) is 12.2 Å². The molecule has 3 rings (SSSR count). The summed E-state index contributed by atoms with van der Waals surface area (Å²) in [5.41, 5.74) is 7.82. The van der Waals surface area contributed by atoms with Crippen LogP contribution in [-0.2, 0) is 6.61 Å². The Morgan fingerprint density at radius 1 is 1.21 bits per heavy atom. The first kappa shape index (κ1) is 12.0. The minimum Gasteiger partial charge on any atom is -0.484 e. The SMILES string of the molecule is Nc1ccc2oc(COc3cccc(Br)c3)nc2c1. The molecule has 96 valence electrons. The molecule has 0 aliphatic carbocycles. The summed E-state index contributed by atoms with van der Waals surface area (Å²) in [5, 5.41) is 0. The maximum Gasteiger partial charge on any atom is 0.233 e.